The summed E-state index contributed by atoms with van der Waals surface area (Å²) in [6.45, 7) is 0. The third-order valence-corrected chi connectivity index (χ3v) is 2.83. The molecule has 92 valence electrons. The largest absolute Gasteiger partial charge is 0.421 e. The molecule has 0 amide bonds. The van der Waals surface area contributed by atoms with E-state index in [2.05, 4.69) is 9.97 Å². The minimum atomic E-state index is -4.78. The van der Waals surface area contributed by atoms with Gasteiger partial charge < -0.3 is 10.1 Å². The van der Waals surface area contributed by atoms with Crippen LogP contribution < -0.4 is 0 Å². The first kappa shape index (κ1) is 12.5. The molecule has 17 heavy (non-hydrogen) atoms. The molecule has 3 nitrogen and oxygen atoms in total. The number of imidazole rings is 1. The van der Waals surface area contributed by atoms with Crippen molar-refractivity contribution in [3.8, 4) is 0 Å². The maximum absolute atomic E-state index is 12.3. The van der Waals surface area contributed by atoms with Crippen molar-refractivity contribution in [3.05, 3.63) is 28.0 Å². The van der Waals surface area contributed by atoms with Crippen LogP contribution in [0.15, 0.2) is 12.1 Å². The third-order valence-electron chi connectivity index (χ3n) is 2.11. The minimum absolute atomic E-state index is 0.179. The van der Waals surface area contributed by atoms with E-state index in [1.165, 1.54) is 12.1 Å². The van der Waals surface area contributed by atoms with E-state index >= 15 is 0 Å². The molecule has 0 aliphatic carbocycles. The molecular formula is C9H5Cl2F3N2O. The Morgan fingerprint density at radius 3 is 2.41 bits per heavy atom. The van der Waals surface area contributed by atoms with Crippen molar-refractivity contribution < 1.29 is 18.3 Å². The fourth-order valence-electron chi connectivity index (χ4n) is 1.31. The number of aliphatic hydroxyl groups is 1. The molecule has 2 rings (SSSR count). The Morgan fingerprint density at radius 2 is 1.82 bits per heavy atom. The summed E-state index contributed by atoms with van der Waals surface area (Å²) in [6.07, 6.45) is -7.44. The molecule has 2 aromatic rings. The number of rotatable bonds is 1. The standard InChI is InChI=1S/C9H5Cl2F3N2O/c10-3-1-5-6(2-4(3)11)16-8(15-5)7(17)9(12,13)14/h1-2,7,17H,(H,15,16). The van der Waals surface area contributed by atoms with Gasteiger partial charge in [0.25, 0.3) is 0 Å². The molecule has 0 bridgehead atoms. The zero-order valence-electron chi connectivity index (χ0n) is 8.02. The smallest absolute Gasteiger partial charge is 0.377 e. The molecule has 0 aliphatic heterocycles. The quantitative estimate of drug-likeness (QED) is 0.842. The Kier molecular flexibility index (Phi) is 2.97. The summed E-state index contributed by atoms with van der Waals surface area (Å²) in [4.78, 5) is 5.96. The van der Waals surface area contributed by atoms with Crippen LogP contribution in [0.25, 0.3) is 11.0 Å². The molecule has 1 aromatic heterocycles. The van der Waals surface area contributed by atoms with Crippen LogP contribution in [-0.4, -0.2) is 21.3 Å². The van der Waals surface area contributed by atoms with Gasteiger partial charge in [0.15, 0.2) is 0 Å². The number of alkyl halides is 3. The van der Waals surface area contributed by atoms with Crippen LogP contribution in [0.3, 0.4) is 0 Å². The summed E-state index contributed by atoms with van der Waals surface area (Å²) in [5.41, 5.74) is 0.482. The number of aromatic nitrogens is 2. The maximum Gasteiger partial charge on any atom is 0.421 e. The molecule has 0 saturated heterocycles. The Hall–Kier alpha value is -0.980. The molecule has 0 spiro atoms. The minimum Gasteiger partial charge on any atom is -0.377 e. The van der Waals surface area contributed by atoms with Crippen LogP contribution in [0.5, 0.6) is 0 Å². The van der Waals surface area contributed by atoms with Gasteiger partial charge in [-0.05, 0) is 12.1 Å². The highest BCUT2D eigenvalue weighted by atomic mass is 35.5. The lowest BCUT2D eigenvalue weighted by molar-refractivity contribution is -0.208. The first-order valence-electron chi connectivity index (χ1n) is 4.38. The number of fused-ring (bicyclic) bond motifs is 1. The van der Waals surface area contributed by atoms with Crippen molar-refractivity contribution in [3.63, 3.8) is 0 Å². The number of aliphatic hydroxyl groups excluding tert-OH is 1. The third kappa shape index (κ3) is 2.34. The van der Waals surface area contributed by atoms with Crippen molar-refractivity contribution in [2.45, 2.75) is 12.3 Å². The highest BCUT2D eigenvalue weighted by Crippen LogP contribution is 2.33. The second-order valence-electron chi connectivity index (χ2n) is 3.35. The molecule has 8 heteroatoms. The lowest BCUT2D eigenvalue weighted by Gasteiger charge is -2.10. The summed E-state index contributed by atoms with van der Waals surface area (Å²) < 4.78 is 36.8. The number of H-pyrrole nitrogens is 1. The van der Waals surface area contributed by atoms with Gasteiger partial charge in [0.05, 0.1) is 21.1 Å². The number of nitrogens with zero attached hydrogens (tertiary/aromatic N) is 1. The summed E-state index contributed by atoms with van der Waals surface area (Å²) >= 11 is 11.4. The van der Waals surface area contributed by atoms with Crippen LogP contribution in [0.2, 0.25) is 10.0 Å². The average Bonchev–Trinajstić information content (AvgIpc) is 2.59. The van der Waals surface area contributed by atoms with Gasteiger partial charge in [0, 0.05) is 0 Å². The number of hydrogen-bond acceptors (Lipinski definition) is 2. The summed E-state index contributed by atoms with van der Waals surface area (Å²) in [5.74, 6) is -0.592. The predicted octanol–water partition coefficient (Wildman–Crippen LogP) is 3.47. The number of aromatic amines is 1. The number of benzene rings is 1. The van der Waals surface area contributed by atoms with Crippen LogP contribution in [0.1, 0.15) is 11.9 Å². The van der Waals surface area contributed by atoms with E-state index in [9.17, 15) is 13.2 Å². The number of hydrogen-bond donors (Lipinski definition) is 2. The van der Waals surface area contributed by atoms with E-state index in [0.717, 1.165) is 0 Å². The summed E-state index contributed by atoms with van der Waals surface area (Å²) in [5, 5.41) is 9.38. The van der Waals surface area contributed by atoms with Crippen molar-refractivity contribution in [1.82, 2.24) is 9.97 Å². The SMILES string of the molecule is OC(c1nc2cc(Cl)c(Cl)cc2[nH]1)C(F)(F)F. The highest BCUT2D eigenvalue weighted by molar-refractivity contribution is 6.42. The van der Waals surface area contributed by atoms with Crippen molar-refractivity contribution in [2.24, 2.45) is 0 Å². The van der Waals surface area contributed by atoms with Crippen molar-refractivity contribution in [1.29, 1.82) is 0 Å². The van der Waals surface area contributed by atoms with E-state index in [4.69, 9.17) is 28.3 Å². The van der Waals surface area contributed by atoms with E-state index in [1.54, 1.807) is 0 Å². The number of nitrogens with one attached hydrogen (secondary N) is 1. The van der Waals surface area contributed by atoms with Crippen LogP contribution in [0.4, 0.5) is 13.2 Å². The van der Waals surface area contributed by atoms with Crippen LogP contribution in [-0.2, 0) is 0 Å². The second-order valence-corrected chi connectivity index (χ2v) is 4.16. The lowest BCUT2D eigenvalue weighted by Crippen LogP contribution is -2.21. The predicted molar refractivity (Wildman–Crippen MR) is 57.1 cm³/mol. The Labute approximate surface area is 103 Å². The zero-order chi connectivity index (χ0) is 12.8. The average molecular weight is 285 g/mol. The van der Waals surface area contributed by atoms with Gasteiger partial charge in [-0.25, -0.2) is 4.98 Å². The van der Waals surface area contributed by atoms with E-state index in [-0.39, 0.29) is 21.1 Å². The molecule has 2 N–H and O–H groups in total. The molecule has 1 aromatic carbocycles. The van der Waals surface area contributed by atoms with Crippen LogP contribution >= 0.6 is 23.2 Å². The summed E-state index contributed by atoms with van der Waals surface area (Å²) in [7, 11) is 0. The monoisotopic (exact) mass is 284 g/mol. The maximum atomic E-state index is 12.3. The first-order valence-corrected chi connectivity index (χ1v) is 5.14. The molecule has 0 saturated carbocycles. The van der Waals surface area contributed by atoms with Crippen molar-refractivity contribution in [2.75, 3.05) is 0 Å². The molecule has 1 unspecified atom stereocenters. The second kappa shape index (κ2) is 4.04. The van der Waals surface area contributed by atoms with Gasteiger partial charge in [-0.15, -0.1) is 0 Å². The molecule has 0 radical (unpaired) electrons. The van der Waals surface area contributed by atoms with E-state index in [0.29, 0.717) is 0 Å². The van der Waals surface area contributed by atoms with Gasteiger partial charge in [0.1, 0.15) is 5.82 Å². The molecule has 0 aliphatic rings. The van der Waals surface area contributed by atoms with Gasteiger partial charge in [-0.1, -0.05) is 23.2 Å². The van der Waals surface area contributed by atoms with Gasteiger partial charge >= 0.3 is 6.18 Å². The zero-order valence-corrected chi connectivity index (χ0v) is 9.53. The molecule has 1 heterocycles. The Balaban J connectivity index is 2.52. The van der Waals surface area contributed by atoms with Gasteiger partial charge in [-0.3, -0.25) is 0 Å². The highest BCUT2D eigenvalue weighted by Gasteiger charge is 2.41. The van der Waals surface area contributed by atoms with Crippen molar-refractivity contribution >= 4 is 34.2 Å². The molecule has 0 fully saturated rings. The van der Waals surface area contributed by atoms with Gasteiger partial charge in [0.2, 0.25) is 6.10 Å². The first-order chi connectivity index (χ1) is 7.79. The lowest BCUT2D eigenvalue weighted by atomic mass is 10.3. The Morgan fingerprint density at radius 1 is 1.24 bits per heavy atom. The summed E-state index contributed by atoms with van der Waals surface area (Å²) in [6, 6.07) is 2.67. The van der Waals surface area contributed by atoms with E-state index < -0.39 is 18.1 Å². The number of halogens is 5. The topological polar surface area (TPSA) is 48.9 Å². The molecule has 1 atom stereocenters. The fourth-order valence-corrected chi connectivity index (χ4v) is 1.63. The molecular weight excluding hydrogens is 280 g/mol. The van der Waals surface area contributed by atoms with E-state index in [1.807, 2.05) is 0 Å². The Bertz CT molecular complexity index is 528. The fraction of sp³-hybridized carbons (Fsp3) is 0.222. The normalized spacial score (nSPS) is 14.2. The van der Waals surface area contributed by atoms with Gasteiger partial charge in [-0.2, -0.15) is 13.2 Å². The van der Waals surface area contributed by atoms with Crippen LogP contribution in [0, 0.1) is 0 Å².